The van der Waals surface area contributed by atoms with Crippen molar-refractivity contribution in [3.05, 3.63) is 66.0 Å². The Bertz CT molecular complexity index is 766. The second kappa shape index (κ2) is 9.71. The van der Waals surface area contributed by atoms with E-state index < -0.39 is 17.2 Å². The number of carbonyl (C=O) groups excluding carboxylic acids is 1. The number of nitrogens with one attached hydrogen (secondary N) is 1. The fourth-order valence-corrected chi connectivity index (χ4v) is 2.85. The van der Waals surface area contributed by atoms with Crippen molar-refractivity contribution in [2.24, 2.45) is 0 Å². The molecule has 0 aliphatic heterocycles. The first-order valence-corrected chi connectivity index (χ1v) is 8.92. The number of hydrogen-bond acceptors (Lipinski definition) is 3. The van der Waals surface area contributed by atoms with Gasteiger partial charge in [-0.3, -0.25) is 9.59 Å². The molecule has 0 radical (unpaired) electrons. The van der Waals surface area contributed by atoms with Crippen LogP contribution < -0.4 is 10.1 Å². The number of carboxylic acids is 1. The summed E-state index contributed by atoms with van der Waals surface area (Å²) < 4.78 is 18.8. The van der Waals surface area contributed by atoms with Crippen molar-refractivity contribution in [2.45, 2.75) is 31.6 Å². The summed E-state index contributed by atoms with van der Waals surface area (Å²) in [7, 11) is 0. The molecule has 1 amide bonds. The molecule has 0 saturated heterocycles. The van der Waals surface area contributed by atoms with Crippen LogP contribution in [0.15, 0.2) is 54.6 Å². The van der Waals surface area contributed by atoms with Gasteiger partial charge in [-0.25, -0.2) is 4.39 Å². The summed E-state index contributed by atoms with van der Waals surface area (Å²) in [5.41, 5.74) is -0.510. The van der Waals surface area contributed by atoms with Crippen LogP contribution in [0.5, 0.6) is 5.75 Å². The SMILES string of the molecule is CCC(CNC(=O)CCCOc1ccccc1F)(C(=O)O)c1ccccc1. The zero-order valence-electron chi connectivity index (χ0n) is 15.3. The van der Waals surface area contributed by atoms with Gasteiger partial charge < -0.3 is 15.2 Å². The number of benzene rings is 2. The van der Waals surface area contributed by atoms with E-state index in [1.54, 1.807) is 43.3 Å². The van der Waals surface area contributed by atoms with Crippen molar-refractivity contribution in [3.8, 4) is 5.75 Å². The molecule has 5 nitrogen and oxygen atoms in total. The van der Waals surface area contributed by atoms with Gasteiger partial charge in [0.15, 0.2) is 11.6 Å². The molecular formula is C21H24FNO4. The largest absolute Gasteiger partial charge is 0.491 e. The van der Waals surface area contributed by atoms with Crippen LogP contribution in [0, 0.1) is 5.82 Å². The average Bonchev–Trinajstić information content (AvgIpc) is 2.68. The Balaban J connectivity index is 1.85. The van der Waals surface area contributed by atoms with Crippen molar-refractivity contribution in [1.29, 1.82) is 0 Å². The quantitative estimate of drug-likeness (QED) is 0.625. The van der Waals surface area contributed by atoms with Crippen LogP contribution in [-0.2, 0) is 15.0 Å². The summed E-state index contributed by atoms with van der Waals surface area (Å²) >= 11 is 0. The third-order valence-electron chi connectivity index (χ3n) is 4.57. The normalized spacial score (nSPS) is 12.8. The fraction of sp³-hybridized carbons (Fsp3) is 0.333. The number of aliphatic carboxylic acids is 1. The number of carboxylic acid groups (broad SMARTS) is 1. The predicted molar refractivity (Wildman–Crippen MR) is 100 cm³/mol. The van der Waals surface area contributed by atoms with Crippen LogP contribution in [0.25, 0.3) is 0 Å². The van der Waals surface area contributed by atoms with Gasteiger partial charge in [-0.15, -0.1) is 0 Å². The minimum absolute atomic E-state index is 0.00977. The zero-order valence-corrected chi connectivity index (χ0v) is 15.3. The molecular weight excluding hydrogens is 349 g/mol. The minimum atomic E-state index is -1.17. The van der Waals surface area contributed by atoms with Gasteiger partial charge in [0.2, 0.25) is 5.91 Å². The molecule has 1 unspecified atom stereocenters. The average molecular weight is 373 g/mol. The minimum Gasteiger partial charge on any atom is -0.491 e. The van der Waals surface area contributed by atoms with Crippen LogP contribution in [0.4, 0.5) is 4.39 Å². The summed E-state index contributed by atoms with van der Waals surface area (Å²) in [6, 6.07) is 15.0. The Morgan fingerprint density at radius 2 is 1.78 bits per heavy atom. The molecule has 0 bridgehead atoms. The number of amides is 1. The number of carbonyl (C=O) groups is 2. The van der Waals surface area contributed by atoms with Gasteiger partial charge in [0.05, 0.1) is 6.61 Å². The van der Waals surface area contributed by atoms with Gasteiger partial charge in [-0.05, 0) is 30.5 Å². The van der Waals surface area contributed by atoms with Gasteiger partial charge in [0, 0.05) is 13.0 Å². The van der Waals surface area contributed by atoms with Crippen LogP contribution in [0.2, 0.25) is 0 Å². The lowest BCUT2D eigenvalue weighted by Gasteiger charge is -2.29. The number of halogens is 1. The Morgan fingerprint density at radius 3 is 2.41 bits per heavy atom. The third-order valence-corrected chi connectivity index (χ3v) is 4.57. The second-order valence-electron chi connectivity index (χ2n) is 6.27. The van der Waals surface area contributed by atoms with E-state index in [4.69, 9.17) is 4.74 Å². The van der Waals surface area contributed by atoms with Gasteiger partial charge >= 0.3 is 5.97 Å². The van der Waals surface area contributed by atoms with Crippen molar-refractivity contribution in [1.82, 2.24) is 5.32 Å². The lowest BCUT2D eigenvalue weighted by atomic mass is 9.78. The van der Waals surface area contributed by atoms with Crippen LogP contribution in [-0.4, -0.2) is 30.1 Å². The summed E-state index contributed by atoms with van der Waals surface area (Å²) in [4.78, 5) is 24.0. The first kappa shape index (κ1) is 20.4. The number of ether oxygens (including phenoxy) is 1. The standard InChI is InChI=1S/C21H24FNO4/c1-2-21(20(25)26,16-9-4-3-5-10-16)15-23-19(24)13-8-14-27-18-12-7-6-11-17(18)22/h3-7,9-12H,2,8,13-15H2,1H3,(H,23,24)(H,25,26). The summed E-state index contributed by atoms with van der Waals surface area (Å²) in [6.45, 7) is 2.00. The molecule has 0 heterocycles. The highest BCUT2D eigenvalue weighted by molar-refractivity contribution is 5.83. The molecule has 6 heteroatoms. The van der Waals surface area contributed by atoms with Gasteiger partial charge in [0.25, 0.3) is 0 Å². The zero-order chi connectivity index (χ0) is 19.7. The maximum atomic E-state index is 13.4. The Kier molecular flexibility index (Phi) is 7.34. The topological polar surface area (TPSA) is 75.6 Å². The lowest BCUT2D eigenvalue weighted by molar-refractivity contribution is -0.144. The predicted octanol–water partition coefficient (Wildman–Crippen LogP) is 3.53. The van der Waals surface area contributed by atoms with E-state index in [-0.39, 0.29) is 31.2 Å². The molecule has 2 rings (SSSR count). The molecule has 2 N–H and O–H groups in total. The molecule has 1 atom stereocenters. The molecule has 0 aliphatic rings. The van der Waals surface area contributed by atoms with Gasteiger partial charge in [-0.2, -0.15) is 0 Å². The lowest BCUT2D eigenvalue weighted by Crippen LogP contribution is -2.46. The molecule has 27 heavy (non-hydrogen) atoms. The van der Waals surface area contributed by atoms with Crippen molar-refractivity contribution in [2.75, 3.05) is 13.2 Å². The first-order valence-electron chi connectivity index (χ1n) is 8.92. The molecule has 2 aromatic rings. The summed E-state index contributed by atoms with van der Waals surface area (Å²) in [5, 5.41) is 12.5. The van der Waals surface area contributed by atoms with E-state index >= 15 is 0 Å². The maximum absolute atomic E-state index is 13.4. The van der Waals surface area contributed by atoms with Crippen LogP contribution in [0.1, 0.15) is 31.7 Å². The van der Waals surface area contributed by atoms with Crippen molar-refractivity contribution in [3.63, 3.8) is 0 Å². The molecule has 2 aromatic carbocycles. The highest BCUT2D eigenvalue weighted by Crippen LogP contribution is 2.28. The van der Waals surface area contributed by atoms with Crippen molar-refractivity contribution >= 4 is 11.9 Å². The molecule has 0 aromatic heterocycles. The van der Waals surface area contributed by atoms with Crippen LogP contribution in [0.3, 0.4) is 0 Å². The van der Waals surface area contributed by atoms with E-state index in [0.29, 0.717) is 18.4 Å². The maximum Gasteiger partial charge on any atom is 0.315 e. The van der Waals surface area contributed by atoms with E-state index in [1.165, 1.54) is 12.1 Å². The highest BCUT2D eigenvalue weighted by atomic mass is 19.1. The van der Waals surface area contributed by atoms with Gasteiger partial charge in [0.1, 0.15) is 5.41 Å². The van der Waals surface area contributed by atoms with Crippen LogP contribution >= 0.6 is 0 Å². The summed E-state index contributed by atoms with van der Waals surface area (Å²) in [6.07, 6.45) is 0.920. The Hall–Kier alpha value is -2.89. The van der Waals surface area contributed by atoms with E-state index in [1.807, 2.05) is 6.07 Å². The number of rotatable bonds is 10. The van der Waals surface area contributed by atoms with E-state index in [2.05, 4.69) is 5.32 Å². The molecule has 0 aliphatic carbocycles. The number of hydrogen-bond donors (Lipinski definition) is 2. The third kappa shape index (κ3) is 5.29. The summed E-state index contributed by atoms with van der Waals surface area (Å²) in [5.74, 6) is -1.53. The first-order chi connectivity index (χ1) is 13.0. The van der Waals surface area contributed by atoms with E-state index in [0.717, 1.165) is 0 Å². The monoisotopic (exact) mass is 373 g/mol. The molecule has 0 fully saturated rings. The Labute approximate surface area is 158 Å². The molecule has 144 valence electrons. The second-order valence-corrected chi connectivity index (χ2v) is 6.27. The smallest absolute Gasteiger partial charge is 0.315 e. The van der Waals surface area contributed by atoms with Crippen molar-refractivity contribution < 1.29 is 23.8 Å². The molecule has 0 saturated carbocycles. The Morgan fingerprint density at radius 1 is 1.11 bits per heavy atom. The van der Waals surface area contributed by atoms with Gasteiger partial charge in [-0.1, -0.05) is 49.4 Å². The number of para-hydroxylation sites is 1. The fourth-order valence-electron chi connectivity index (χ4n) is 2.85. The molecule has 0 spiro atoms. The highest BCUT2D eigenvalue weighted by Gasteiger charge is 2.38. The van der Waals surface area contributed by atoms with E-state index in [9.17, 15) is 19.1 Å².